The lowest BCUT2D eigenvalue weighted by molar-refractivity contribution is -0.129. The maximum Gasteiger partial charge on any atom is 0.238 e. The van der Waals surface area contributed by atoms with Crippen molar-refractivity contribution in [2.75, 3.05) is 26.2 Å². The molecular formula is C14H27N3O. The van der Waals surface area contributed by atoms with Crippen LogP contribution in [-0.4, -0.2) is 49.1 Å². The van der Waals surface area contributed by atoms with E-state index in [1.807, 2.05) is 6.92 Å². The van der Waals surface area contributed by atoms with Gasteiger partial charge in [0, 0.05) is 32.2 Å². The smallest absolute Gasteiger partial charge is 0.238 e. The molecule has 2 fully saturated rings. The number of hydrogen-bond acceptors (Lipinski definition) is 3. The molecule has 2 atom stereocenters. The van der Waals surface area contributed by atoms with E-state index in [4.69, 9.17) is 0 Å². The first kappa shape index (κ1) is 13.8. The molecule has 0 aromatic heterocycles. The molecule has 2 unspecified atom stereocenters. The summed E-state index contributed by atoms with van der Waals surface area (Å²) in [5.41, 5.74) is 0.349. The normalized spacial score (nSPS) is 32.4. The molecule has 2 rings (SSSR count). The molecule has 104 valence electrons. The molecule has 2 aliphatic rings. The average molecular weight is 253 g/mol. The van der Waals surface area contributed by atoms with Crippen molar-refractivity contribution in [3.05, 3.63) is 0 Å². The van der Waals surface area contributed by atoms with Crippen molar-refractivity contribution in [2.45, 2.75) is 52.1 Å². The summed E-state index contributed by atoms with van der Waals surface area (Å²) in [6, 6.07) is 0.577. The van der Waals surface area contributed by atoms with Crippen LogP contribution >= 0.6 is 0 Å². The molecule has 1 saturated carbocycles. The van der Waals surface area contributed by atoms with Crippen LogP contribution in [-0.2, 0) is 4.79 Å². The fourth-order valence-electron chi connectivity index (χ4n) is 3.55. The first-order chi connectivity index (χ1) is 8.56. The second-order valence-electron chi connectivity index (χ2n) is 6.25. The van der Waals surface area contributed by atoms with Gasteiger partial charge in [-0.1, -0.05) is 20.3 Å². The van der Waals surface area contributed by atoms with Crippen LogP contribution in [0.4, 0.5) is 0 Å². The lowest BCUT2D eigenvalue weighted by Gasteiger charge is -2.44. The molecule has 18 heavy (non-hydrogen) atoms. The van der Waals surface area contributed by atoms with E-state index in [1.54, 1.807) is 0 Å². The van der Waals surface area contributed by atoms with Crippen molar-refractivity contribution >= 4 is 5.91 Å². The number of amides is 1. The number of hydrogen-bond donors (Lipinski definition) is 2. The fourth-order valence-corrected chi connectivity index (χ4v) is 3.55. The van der Waals surface area contributed by atoms with Crippen molar-refractivity contribution in [3.63, 3.8) is 0 Å². The van der Waals surface area contributed by atoms with E-state index in [0.717, 1.165) is 26.2 Å². The number of likely N-dealkylation sites (N-methyl/N-ethyl adjacent to an activating group) is 1. The van der Waals surface area contributed by atoms with E-state index in [9.17, 15) is 4.79 Å². The standard InChI is InChI=1S/C14H27N3O/c1-4-16-13(18)11-10-15-8-9-17(11)12-6-5-7-14(12,2)3/h11-12,15H,4-10H2,1-3H3,(H,16,18). The zero-order chi connectivity index (χ0) is 13.2. The zero-order valence-corrected chi connectivity index (χ0v) is 12.0. The Hall–Kier alpha value is -0.610. The Morgan fingerprint density at radius 3 is 2.89 bits per heavy atom. The van der Waals surface area contributed by atoms with Gasteiger partial charge in [-0.15, -0.1) is 0 Å². The van der Waals surface area contributed by atoms with E-state index >= 15 is 0 Å². The topological polar surface area (TPSA) is 44.4 Å². The highest BCUT2D eigenvalue weighted by Gasteiger charge is 2.43. The molecule has 1 amide bonds. The molecule has 0 spiro atoms. The molecule has 0 aromatic carbocycles. The van der Waals surface area contributed by atoms with E-state index in [2.05, 4.69) is 29.4 Å². The number of piperazine rings is 1. The fraction of sp³-hybridized carbons (Fsp3) is 0.929. The van der Waals surface area contributed by atoms with E-state index in [1.165, 1.54) is 19.3 Å². The highest BCUT2D eigenvalue weighted by Crippen LogP contribution is 2.41. The van der Waals surface area contributed by atoms with Gasteiger partial charge in [0.1, 0.15) is 6.04 Å². The average Bonchev–Trinajstić information content (AvgIpc) is 2.69. The molecule has 2 N–H and O–H groups in total. The summed E-state index contributed by atoms with van der Waals surface area (Å²) in [5.74, 6) is 0.187. The number of nitrogens with one attached hydrogen (secondary N) is 2. The largest absolute Gasteiger partial charge is 0.355 e. The van der Waals surface area contributed by atoms with Gasteiger partial charge in [-0.3, -0.25) is 9.69 Å². The van der Waals surface area contributed by atoms with Crippen molar-refractivity contribution in [1.29, 1.82) is 0 Å². The second-order valence-corrected chi connectivity index (χ2v) is 6.25. The number of carbonyl (C=O) groups excluding carboxylic acids is 1. The Kier molecular flexibility index (Phi) is 4.28. The Bertz CT molecular complexity index is 303. The van der Waals surface area contributed by atoms with Crippen LogP contribution in [0.2, 0.25) is 0 Å². The van der Waals surface area contributed by atoms with Crippen molar-refractivity contribution in [2.24, 2.45) is 5.41 Å². The summed E-state index contributed by atoms with van der Waals surface area (Å²) in [7, 11) is 0. The highest BCUT2D eigenvalue weighted by molar-refractivity contribution is 5.82. The molecule has 4 nitrogen and oxygen atoms in total. The van der Waals surface area contributed by atoms with Crippen LogP contribution in [0.25, 0.3) is 0 Å². The number of rotatable bonds is 3. The minimum Gasteiger partial charge on any atom is -0.355 e. The van der Waals surface area contributed by atoms with Gasteiger partial charge >= 0.3 is 0 Å². The molecule has 0 aromatic rings. The summed E-state index contributed by atoms with van der Waals surface area (Å²) in [5, 5.41) is 6.33. The second kappa shape index (κ2) is 5.57. The van der Waals surface area contributed by atoms with Crippen molar-refractivity contribution < 1.29 is 4.79 Å². The molecule has 4 heteroatoms. The van der Waals surface area contributed by atoms with Gasteiger partial charge < -0.3 is 10.6 Å². The molecule has 1 aliphatic carbocycles. The Morgan fingerprint density at radius 2 is 2.28 bits per heavy atom. The number of nitrogens with zero attached hydrogens (tertiary/aromatic N) is 1. The molecule has 1 saturated heterocycles. The van der Waals surface area contributed by atoms with Gasteiger partial charge in [-0.2, -0.15) is 0 Å². The summed E-state index contributed by atoms with van der Waals surface area (Å²) in [6.45, 7) is 10.2. The van der Waals surface area contributed by atoms with Crippen LogP contribution in [0, 0.1) is 5.41 Å². The minimum atomic E-state index is 0.0149. The predicted octanol–water partition coefficient (Wildman–Crippen LogP) is 0.975. The first-order valence-electron chi connectivity index (χ1n) is 7.30. The molecule has 1 heterocycles. The first-order valence-corrected chi connectivity index (χ1v) is 7.30. The van der Waals surface area contributed by atoms with Crippen LogP contribution in [0.15, 0.2) is 0 Å². The minimum absolute atomic E-state index is 0.0149. The summed E-state index contributed by atoms with van der Waals surface area (Å²) in [6.07, 6.45) is 3.82. The molecular weight excluding hydrogens is 226 g/mol. The SMILES string of the molecule is CCNC(=O)C1CNCCN1C1CCCC1(C)C. The third kappa shape index (κ3) is 2.69. The van der Waals surface area contributed by atoms with Gasteiger partial charge in [0.2, 0.25) is 5.91 Å². The van der Waals surface area contributed by atoms with Crippen LogP contribution in [0.5, 0.6) is 0 Å². The van der Waals surface area contributed by atoms with Crippen LogP contribution in [0.1, 0.15) is 40.0 Å². The van der Waals surface area contributed by atoms with Gasteiger partial charge in [0.05, 0.1) is 0 Å². The van der Waals surface area contributed by atoms with Crippen molar-refractivity contribution in [3.8, 4) is 0 Å². The Balaban J connectivity index is 2.10. The maximum absolute atomic E-state index is 12.2. The summed E-state index contributed by atoms with van der Waals surface area (Å²) >= 11 is 0. The monoisotopic (exact) mass is 253 g/mol. The third-order valence-electron chi connectivity index (χ3n) is 4.54. The highest BCUT2D eigenvalue weighted by atomic mass is 16.2. The lowest BCUT2D eigenvalue weighted by Crippen LogP contribution is -2.62. The lowest BCUT2D eigenvalue weighted by atomic mass is 9.85. The summed E-state index contributed by atoms with van der Waals surface area (Å²) < 4.78 is 0. The van der Waals surface area contributed by atoms with Crippen LogP contribution in [0.3, 0.4) is 0 Å². The van der Waals surface area contributed by atoms with E-state index in [0.29, 0.717) is 11.5 Å². The van der Waals surface area contributed by atoms with Gasteiger partial charge in [0.25, 0.3) is 0 Å². The van der Waals surface area contributed by atoms with Crippen LogP contribution < -0.4 is 10.6 Å². The number of carbonyl (C=O) groups is 1. The van der Waals surface area contributed by atoms with Crippen molar-refractivity contribution in [1.82, 2.24) is 15.5 Å². The third-order valence-corrected chi connectivity index (χ3v) is 4.54. The van der Waals surface area contributed by atoms with Gasteiger partial charge in [-0.25, -0.2) is 0 Å². The quantitative estimate of drug-likeness (QED) is 0.788. The molecule has 0 bridgehead atoms. The summed E-state index contributed by atoms with van der Waals surface area (Å²) in [4.78, 5) is 14.6. The van der Waals surface area contributed by atoms with Gasteiger partial charge in [-0.05, 0) is 25.2 Å². The Morgan fingerprint density at radius 1 is 1.50 bits per heavy atom. The zero-order valence-electron chi connectivity index (χ0n) is 12.0. The van der Waals surface area contributed by atoms with Gasteiger partial charge in [0.15, 0.2) is 0 Å². The van der Waals surface area contributed by atoms with E-state index in [-0.39, 0.29) is 11.9 Å². The molecule has 0 radical (unpaired) electrons. The Labute approximate surface area is 110 Å². The maximum atomic E-state index is 12.2. The molecule has 1 aliphatic heterocycles. The predicted molar refractivity (Wildman–Crippen MR) is 73.5 cm³/mol. The van der Waals surface area contributed by atoms with E-state index < -0.39 is 0 Å².